The van der Waals surface area contributed by atoms with Crippen molar-refractivity contribution in [2.75, 3.05) is 19.8 Å². The van der Waals surface area contributed by atoms with Crippen LogP contribution in [0.2, 0.25) is 0 Å². The molecule has 2 atom stereocenters. The van der Waals surface area contributed by atoms with Crippen LogP contribution in [0, 0.1) is 0 Å². The molecule has 0 aromatic rings. The normalized spacial score (nSPS) is 25.1. The lowest BCUT2D eigenvalue weighted by Gasteiger charge is -2.34. The molecule has 1 aliphatic rings. The number of hydrogen-bond acceptors (Lipinski definition) is 4. The molecule has 1 saturated heterocycles. The summed E-state index contributed by atoms with van der Waals surface area (Å²) in [7, 11) is 1.06. The van der Waals surface area contributed by atoms with Crippen molar-refractivity contribution in [1.82, 2.24) is 0 Å². The van der Waals surface area contributed by atoms with Gasteiger partial charge in [0, 0.05) is 35.1 Å². The predicted octanol–water partition coefficient (Wildman–Crippen LogP) is 0.551. The highest BCUT2D eigenvalue weighted by Crippen LogP contribution is 2.26. The van der Waals surface area contributed by atoms with Crippen LogP contribution in [-0.2, 0) is 14.3 Å². The van der Waals surface area contributed by atoms with Crippen LogP contribution in [0.25, 0.3) is 0 Å². The molecular weight excluding hydrogens is 260 g/mol. The first-order valence-electron chi connectivity index (χ1n) is 7.11. The average molecular weight is 286 g/mol. The third kappa shape index (κ3) is 7.01. The fraction of sp³-hybridized carbons (Fsp3) is 0.786. The summed E-state index contributed by atoms with van der Waals surface area (Å²) in [6.45, 7) is 5.10. The second-order valence-corrected chi connectivity index (χ2v) is 7.28. The lowest BCUT2D eigenvalue weighted by atomic mass is 10.0. The summed E-state index contributed by atoms with van der Waals surface area (Å²) >= 11 is 0. The Hall–Kier alpha value is -0.493. The molecule has 0 aromatic carbocycles. The zero-order valence-corrected chi connectivity index (χ0v) is 13.9. The van der Waals surface area contributed by atoms with Crippen LogP contribution < -0.4 is 0 Å². The first-order chi connectivity index (χ1) is 9.06. The zero-order chi connectivity index (χ0) is 14.1. The van der Waals surface area contributed by atoms with Crippen LogP contribution >= 0.6 is 0 Å². The fourth-order valence-corrected chi connectivity index (χ4v) is 3.24. The van der Waals surface area contributed by atoms with E-state index in [2.05, 4.69) is 6.58 Å². The first-order valence-corrected chi connectivity index (χ1v) is 8.11. The number of ether oxygens (including phenoxy) is 2. The van der Waals surface area contributed by atoms with Gasteiger partial charge in [0.15, 0.2) is 5.78 Å². The summed E-state index contributed by atoms with van der Waals surface area (Å²) in [6, 6.07) is 0. The molecule has 4 nitrogen and oxygen atoms in total. The van der Waals surface area contributed by atoms with E-state index in [1.165, 1.54) is 25.3 Å². The van der Waals surface area contributed by atoms with Gasteiger partial charge in [0.25, 0.3) is 0 Å². The first kappa shape index (κ1) is 16.6. The van der Waals surface area contributed by atoms with E-state index in [4.69, 9.17) is 9.47 Å². The van der Waals surface area contributed by atoms with Crippen molar-refractivity contribution in [2.45, 2.75) is 49.9 Å². The maximum atomic E-state index is 11.0. The number of carbonyl (C=O) groups is 1. The van der Waals surface area contributed by atoms with Crippen molar-refractivity contribution in [3.63, 3.8) is 0 Å². The van der Waals surface area contributed by atoms with Crippen molar-refractivity contribution in [1.29, 1.82) is 0 Å². The molecule has 1 heterocycles. The molecule has 0 radical (unpaired) electrons. The molecule has 1 aliphatic heterocycles. The number of aliphatic hydroxyl groups excluding tert-OH is 1. The number of carbonyl (C=O) groups excluding carboxylic acids is 1. The van der Waals surface area contributed by atoms with Crippen LogP contribution in [0.1, 0.15) is 38.5 Å². The number of rotatable bonds is 9. The Balaban J connectivity index is 2.04. The summed E-state index contributed by atoms with van der Waals surface area (Å²) < 4.78 is 11.3. The maximum Gasteiger partial charge on any atom is 0.157 e. The van der Waals surface area contributed by atoms with Crippen LogP contribution in [-0.4, -0.2) is 52.3 Å². The molecule has 0 amide bonds. The van der Waals surface area contributed by atoms with E-state index in [9.17, 15) is 9.90 Å². The molecule has 0 bridgehead atoms. The molecule has 0 spiro atoms. The molecule has 1 fully saturated rings. The number of hydrogen-bond donors (Lipinski definition) is 1. The van der Waals surface area contributed by atoms with Gasteiger partial charge < -0.3 is 14.6 Å². The maximum absolute atomic E-state index is 11.0. The quantitative estimate of drug-likeness (QED) is 0.382. The van der Waals surface area contributed by atoms with E-state index in [0.29, 0.717) is 6.61 Å². The molecular formula is C14H26O4Si. The van der Waals surface area contributed by atoms with Crippen LogP contribution in [0.5, 0.6) is 0 Å². The predicted molar refractivity (Wildman–Crippen MR) is 78.4 cm³/mol. The van der Waals surface area contributed by atoms with Gasteiger partial charge in [0.1, 0.15) is 0 Å². The molecule has 1 rings (SSSR count). The van der Waals surface area contributed by atoms with Gasteiger partial charge in [-0.1, -0.05) is 6.58 Å². The van der Waals surface area contributed by atoms with E-state index in [1.807, 2.05) is 0 Å². The molecule has 0 aromatic heterocycles. The minimum atomic E-state index is -0.721. The van der Waals surface area contributed by atoms with E-state index in [-0.39, 0.29) is 24.0 Å². The molecule has 5 heteroatoms. The van der Waals surface area contributed by atoms with Crippen molar-refractivity contribution < 1.29 is 19.4 Å². The third-order valence-electron chi connectivity index (χ3n) is 3.52. The molecule has 0 aliphatic carbocycles. The standard InChI is InChI=1S/C14H26O4Si/c1-2-12(15)10-13(16)11-17-8-5-7-14(19)6-3-4-9-18-14/h2,13,16H,1,3-11H2,19H3. The van der Waals surface area contributed by atoms with Gasteiger partial charge in [0.2, 0.25) is 0 Å². The van der Waals surface area contributed by atoms with Gasteiger partial charge in [-0.05, 0) is 38.2 Å². The minimum absolute atomic E-state index is 0.0945. The Bertz CT molecular complexity index is 287. The molecule has 2 unspecified atom stereocenters. The SMILES string of the molecule is C=CC(=O)CC(O)COCCCC1([SiH3])CCCCO1. The lowest BCUT2D eigenvalue weighted by molar-refractivity contribution is -0.117. The molecule has 1 N–H and O–H groups in total. The summed E-state index contributed by atoms with van der Waals surface area (Å²) in [5.41, 5.74) is 0. The minimum Gasteiger partial charge on any atom is -0.390 e. The van der Waals surface area contributed by atoms with Gasteiger partial charge in [-0.15, -0.1) is 0 Å². The Morgan fingerprint density at radius 3 is 3.00 bits per heavy atom. The number of ketones is 1. The van der Waals surface area contributed by atoms with Gasteiger partial charge in [-0.3, -0.25) is 4.79 Å². The fourth-order valence-electron chi connectivity index (χ4n) is 2.33. The molecule has 110 valence electrons. The second kappa shape index (κ2) is 8.63. The van der Waals surface area contributed by atoms with E-state index in [1.54, 1.807) is 0 Å². The van der Waals surface area contributed by atoms with Crippen LogP contribution in [0.15, 0.2) is 12.7 Å². The molecule has 0 saturated carbocycles. The van der Waals surface area contributed by atoms with Crippen LogP contribution in [0.3, 0.4) is 0 Å². The smallest absolute Gasteiger partial charge is 0.157 e. The average Bonchev–Trinajstić information content (AvgIpc) is 2.39. The van der Waals surface area contributed by atoms with E-state index >= 15 is 0 Å². The summed E-state index contributed by atoms with van der Waals surface area (Å²) in [4.78, 5) is 11.0. The Labute approximate surface area is 118 Å². The van der Waals surface area contributed by atoms with Crippen molar-refractivity contribution in [3.05, 3.63) is 12.7 Å². The van der Waals surface area contributed by atoms with Gasteiger partial charge in [-0.25, -0.2) is 0 Å². The lowest BCUT2D eigenvalue weighted by Crippen LogP contribution is -2.37. The summed E-state index contributed by atoms with van der Waals surface area (Å²) in [6.07, 6.45) is 6.23. The topological polar surface area (TPSA) is 55.8 Å². The van der Waals surface area contributed by atoms with Crippen molar-refractivity contribution in [3.8, 4) is 0 Å². The van der Waals surface area contributed by atoms with Gasteiger partial charge >= 0.3 is 0 Å². The number of allylic oxidation sites excluding steroid dienone is 1. The van der Waals surface area contributed by atoms with Gasteiger partial charge in [0.05, 0.1) is 12.7 Å². The second-order valence-electron chi connectivity index (χ2n) is 5.46. The van der Waals surface area contributed by atoms with E-state index in [0.717, 1.165) is 29.7 Å². The summed E-state index contributed by atoms with van der Waals surface area (Å²) in [5.74, 6) is -0.148. The zero-order valence-electron chi connectivity index (χ0n) is 11.9. The molecule has 19 heavy (non-hydrogen) atoms. The van der Waals surface area contributed by atoms with Crippen molar-refractivity contribution in [2.24, 2.45) is 0 Å². The highest BCUT2D eigenvalue weighted by atomic mass is 28.1. The highest BCUT2D eigenvalue weighted by molar-refractivity contribution is 6.14. The highest BCUT2D eigenvalue weighted by Gasteiger charge is 2.26. The van der Waals surface area contributed by atoms with Gasteiger partial charge in [-0.2, -0.15) is 0 Å². The Morgan fingerprint density at radius 1 is 1.58 bits per heavy atom. The number of aliphatic hydroxyl groups is 1. The van der Waals surface area contributed by atoms with E-state index < -0.39 is 6.10 Å². The third-order valence-corrected chi connectivity index (χ3v) is 4.81. The van der Waals surface area contributed by atoms with Crippen LogP contribution in [0.4, 0.5) is 0 Å². The Kier molecular flexibility index (Phi) is 7.52. The largest absolute Gasteiger partial charge is 0.390 e. The monoisotopic (exact) mass is 286 g/mol. The Morgan fingerprint density at radius 2 is 2.37 bits per heavy atom. The van der Waals surface area contributed by atoms with Crippen molar-refractivity contribution >= 4 is 16.0 Å². The summed E-state index contributed by atoms with van der Waals surface area (Å²) in [5, 5.41) is 9.68.